The Bertz CT molecular complexity index is 3360. The summed E-state index contributed by atoms with van der Waals surface area (Å²) in [5.74, 6) is 0.329. The molecular formula is C59H42N2. The highest BCUT2D eigenvalue weighted by atomic mass is 15.2. The van der Waals surface area contributed by atoms with Crippen LogP contribution in [0.2, 0.25) is 0 Å². The first kappa shape index (κ1) is 35.3. The molecular weight excluding hydrogens is 737 g/mol. The van der Waals surface area contributed by atoms with Gasteiger partial charge < -0.3 is 9.80 Å². The van der Waals surface area contributed by atoms with Crippen LogP contribution in [0.4, 0.5) is 28.4 Å². The lowest BCUT2D eigenvalue weighted by Crippen LogP contribution is -2.35. The quantitative estimate of drug-likeness (QED) is 0.155. The summed E-state index contributed by atoms with van der Waals surface area (Å²) in [5.41, 5.74) is 11.9. The van der Waals surface area contributed by atoms with Crippen molar-refractivity contribution >= 4 is 71.5 Å². The number of rotatable bonds is 6. The van der Waals surface area contributed by atoms with Crippen LogP contribution < -0.4 is 9.80 Å². The molecule has 61 heavy (non-hydrogen) atoms. The zero-order valence-corrected chi connectivity index (χ0v) is 33.7. The molecule has 1 aliphatic heterocycles. The summed E-state index contributed by atoms with van der Waals surface area (Å²) in [6.45, 7) is 0. The van der Waals surface area contributed by atoms with Gasteiger partial charge in [0.15, 0.2) is 0 Å². The predicted octanol–water partition coefficient (Wildman–Crippen LogP) is 16.2. The van der Waals surface area contributed by atoms with Crippen molar-refractivity contribution in [1.82, 2.24) is 0 Å². The van der Waals surface area contributed by atoms with Gasteiger partial charge in [-0.05, 0) is 114 Å². The van der Waals surface area contributed by atoms with Gasteiger partial charge in [-0.1, -0.05) is 188 Å². The number of nitrogens with zero attached hydrogens (tertiary/aromatic N) is 2. The fraction of sp³-hybridized carbons (Fsp3) is 0.0508. The first-order chi connectivity index (χ1) is 30.2. The summed E-state index contributed by atoms with van der Waals surface area (Å²) >= 11 is 0. The summed E-state index contributed by atoms with van der Waals surface area (Å²) < 4.78 is 0. The van der Waals surface area contributed by atoms with Crippen LogP contribution in [0.1, 0.15) is 17.9 Å². The molecule has 1 heterocycles. The van der Waals surface area contributed by atoms with Crippen molar-refractivity contribution in [1.29, 1.82) is 0 Å². The Morgan fingerprint density at radius 1 is 0.410 bits per heavy atom. The average molecular weight is 779 g/mol. The van der Waals surface area contributed by atoms with Crippen molar-refractivity contribution in [3.8, 4) is 22.3 Å². The molecule has 2 nitrogen and oxygen atoms in total. The van der Waals surface area contributed by atoms with E-state index in [1.54, 1.807) is 0 Å². The summed E-state index contributed by atoms with van der Waals surface area (Å²) in [6, 6.07) is 76.4. The van der Waals surface area contributed by atoms with Crippen LogP contribution in [-0.4, -0.2) is 6.04 Å². The number of allylic oxidation sites excluding steroid dienone is 3. The summed E-state index contributed by atoms with van der Waals surface area (Å²) in [4.78, 5) is 5.09. The van der Waals surface area contributed by atoms with Crippen molar-refractivity contribution < 1.29 is 0 Å². The van der Waals surface area contributed by atoms with Gasteiger partial charge in [-0.2, -0.15) is 0 Å². The van der Waals surface area contributed by atoms with Crippen LogP contribution in [0.15, 0.2) is 231 Å². The van der Waals surface area contributed by atoms with E-state index in [9.17, 15) is 0 Å². The van der Waals surface area contributed by atoms with E-state index in [2.05, 4.69) is 240 Å². The molecule has 288 valence electrons. The molecule has 2 atom stereocenters. The molecule has 0 saturated carbocycles. The molecule has 2 heteroatoms. The first-order valence-electron chi connectivity index (χ1n) is 21.4. The molecule has 12 rings (SSSR count). The molecule has 0 spiro atoms. The van der Waals surface area contributed by atoms with Crippen LogP contribution in [-0.2, 0) is 0 Å². The maximum absolute atomic E-state index is 2.61. The van der Waals surface area contributed by atoms with Crippen molar-refractivity contribution in [3.05, 3.63) is 236 Å². The van der Waals surface area contributed by atoms with Gasteiger partial charge >= 0.3 is 0 Å². The molecule has 0 aromatic heterocycles. The smallest absolute Gasteiger partial charge is 0.0540 e. The summed E-state index contributed by atoms with van der Waals surface area (Å²) in [7, 11) is 0. The molecule has 0 fully saturated rings. The number of anilines is 5. The van der Waals surface area contributed by atoms with E-state index in [-0.39, 0.29) is 6.04 Å². The second kappa shape index (κ2) is 14.5. The molecule has 2 bridgehead atoms. The lowest BCUT2D eigenvalue weighted by Gasteiger charge is -2.41. The topological polar surface area (TPSA) is 6.48 Å². The maximum atomic E-state index is 2.61. The van der Waals surface area contributed by atoms with Gasteiger partial charge in [0, 0.05) is 34.2 Å². The third kappa shape index (κ3) is 6.02. The fourth-order valence-electron chi connectivity index (χ4n) is 10.2. The standard InChI is InChI=1S/C59H42N2/c1-3-15-40(16-4-1)46-37-49(39-50(38-46)61-47-22-10-7-21-45(36-47)59-54-25-12-9-20-43(54)29-34-58(59)61)60(57-26-14-13-24-53(57)41-17-5-2-6-18-41)48-30-33-52-44(35-48)28-32-55-51-23-11-8-19-42(51)27-31-56(52)55/h1-35,37-39,45,47H,36H2. The third-order valence-electron chi connectivity index (χ3n) is 13.0. The molecule has 2 unspecified atom stereocenters. The van der Waals surface area contributed by atoms with Gasteiger partial charge in [-0.3, -0.25) is 0 Å². The minimum absolute atomic E-state index is 0.183. The Morgan fingerprint density at radius 3 is 1.85 bits per heavy atom. The number of hydrogen-bond donors (Lipinski definition) is 0. The van der Waals surface area contributed by atoms with Crippen LogP contribution in [0.5, 0.6) is 0 Å². The number of fused-ring (bicyclic) bond motifs is 11. The summed E-state index contributed by atoms with van der Waals surface area (Å²) in [5, 5.41) is 10.2. The number of hydrogen-bond acceptors (Lipinski definition) is 2. The van der Waals surface area contributed by atoms with Gasteiger partial charge in [0.25, 0.3) is 0 Å². The predicted molar refractivity (Wildman–Crippen MR) is 260 cm³/mol. The van der Waals surface area contributed by atoms with Crippen LogP contribution in [0.3, 0.4) is 0 Å². The van der Waals surface area contributed by atoms with Crippen molar-refractivity contribution in [2.24, 2.45) is 0 Å². The molecule has 10 aromatic rings. The highest BCUT2D eigenvalue weighted by Crippen LogP contribution is 2.50. The second-order valence-corrected chi connectivity index (χ2v) is 16.4. The Morgan fingerprint density at radius 2 is 1.03 bits per heavy atom. The van der Waals surface area contributed by atoms with E-state index in [1.165, 1.54) is 82.3 Å². The van der Waals surface area contributed by atoms with Crippen LogP contribution >= 0.6 is 0 Å². The van der Waals surface area contributed by atoms with Crippen molar-refractivity contribution in [3.63, 3.8) is 0 Å². The van der Waals surface area contributed by atoms with E-state index in [4.69, 9.17) is 0 Å². The van der Waals surface area contributed by atoms with Gasteiger partial charge in [-0.25, -0.2) is 0 Å². The van der Waals surface area contributed by atoms with Gasteiger partial charge in [0.2, 0.25) is 0 Å². The maximum Gasteiger partial charge on any atom is 0.0540 e. The fourth-order valence-corrected chi connectivity index (χ4v) is 10.2. The first-order valence-corrected chi connectivity index (χ1v) is 21.4. The van der Waals surface area contributed by atoms with Gasteiger partial charge in [0.05, 0.1) is 11.7 Å². The van der Waals surface area contributed by atoms with Gasteiger partial charge in [-0.15, -0.1) is 0 Å². The Kier molecular flexibility index (Phi) is 8.41. The molecule has 0 radical (unpaired) electrons. The van der Waals surface area contributed by atoms with E-state index in [0.29, 0.717) is 5.92 Å². The van der Waals surface area contributed by atoms with Gasteiger partial charge in [0.1, 0.15) is 0 Å². The second-order valence-electron chi connectivity index (χ2n) is 16.4. The molecule has 2 aliphatic rings. The van der Waals surface area contributed by atoms with Crippen LogP contribution in [0, 0.1) is 0 Å². The van der Waals surface area contributed by atoms with Crippen molar-refractivity contribution in [2.75, 3.05) is 9.80 Å². The van der Waals surface area contributed by atoms with E-state index in [1.807, 2.05) is 0 Å². The third-order valence-corrected chi connectivity index (χ3v) is 13.0. The SMILES string of the molecule is C1=CC2CC(C=C1)N(c1cc(-c3ccccc3)cc(N(c3ccc4c(ccc5c6ccccc6ccc45)c3)c3ccccc3-c3ccccc3)c1)c1ccc3ccccc3c12. The van der Waals surface area contributed by atoms with Crippen molar-refractivity contribution in [2.45, 2.75) is 18.4 Å². The largest absolute Gasteiger partial charge is 0.334 e. The molecule has 1 aliphatic carbocycles. The lowest BCUT2D eigenvalue weighted by molar-refractivity contribution is 0.623. The number of para-hydroxylation sites is 1. The zero-order chi connectivity index (χ0) is 40.3. The highest BCUT2D eigenvalue weighted by molar-refractivity contribution is 6.17. The Hall–Kier alpha value is -7.68. The molecule has 10 aromatic carbocycles. The Labute approximate surface area is 356 Å². The van der Waals surface area contributed by atoms with E-state index < -0.39 is 0 Å². The minimum Gasteiger partial charge on any atom is -0.334 e. The molecule has 0 saturated heterocycles. The number of benzene rings is 10. The van der Waals surface area contributed by atoms with Crippen LogP contribution in [0.25, 0.3) is 65.3 Å². The van der Waals surface area contributed by atoms with E-state index in [0.717, 1.165) is 23.5 Å². The minimum atomic E-state index is 0.183. The monoisotopic (exact) mass is 778 g/mol. The lowest BCUT2D eigenvalue weighted by atomic mass is 9.82. The Balaban J connectivity index is 1.12. The summed E-state index contributed by atoms with van der Waals surface area (Å²) in [6.07, 6.45) is 10.3. The van der Waals surface area contributed by atoms with E-state index >= 15 is 0 Å². The zero-order valence-electron chi connectivity index (χ0n) is 33.7. The average Bonchev–Trinajstić information content (AvgIpc) is 3.54. The molecule has 0 N–H and O–H groups in total. The molecule has 0 amide bonds. The highest BCUT2D eigenvalue weighted by Gasteiger charge is 2.34. The normalized spacial score (nSPS) is 15.6.